The fourth-order valence-corrected chi connectivity index (χ4v) is 2.29. The zero-order valence-corrected chi connectivity index (χ0v) is 12.0. The Hall–Kier alpha value is -1.81. The number of halogens is 1. The first-order chi connectivity index (χ1) is 9.76. The van der Waals surface area contributed by atoms with Crippen molar-refractivity contribution in [2.24, 2.45) is 0 Å². The van der Waals surface area contributed by atoms with Crippen molar-refractivity contribution < 1.29 is 9.47 Å². The average molecular weight is 291 g/mol. The Labute approximate surface area is 122 Å². The molecule has 104 valence electrons. The van der Waals surface area contributed by atoms with Crippen molar-refractivity contribution in [2.45, 2.75) is 19.8 Å². The maximum atomic E-state index is 6.04. The summed E-state index contributed by atoms with van der Waals surface area (Å²) >= 11 is 6.04. The second kappa shape index (κ2) is 5.67. The van der Waals surface area contributed by atoms with Crippen LogP contribution in [0, 0.1) is 0 Å². The zero-order chi connectivity index (χ0) is 13.9. The molecule has 3 rings (SSSR count). The third-order valence-electron chi connectivity index (χ3n) is 3.10. The summed E-state index contributed by atoms with van der Waals surface area (Å²) in [6, 6.07) is 7.59. The lowest BCUT2D eigenvalue weighted by Crippen LogP contribution is -1.97. The highest BCUT2D eigenvalue weighted by molar-refractivity contribution is 6.29. The summed E-state index contributed by atoms with van der Waals surface area (Å²) in [6.07, 6.45) is 1.64. The minimum absolute atomic E-state index is 0.457. The molecule has 0 aliphatic carbocycles. The fraction of sp³-hybridized carbons (Fsp3) is 0.333. The Bertz CT molecular complexity index is 631. The number of aromatic nitrogens is 2. The molecule has 1 aliphatic rings. The monoisotopic (exact) mass is 290 g/mol. The van der Waals surface area contributed by atoms with E-state index < -0.39 is 0 Å². The topological polar surface area (TPSA) is 44.2 Å². The van der Waals surface area contributed by atoms with Gasteiger partial charge in [0.2, 0.25) is 0 Å². The van der Waals surface area contributed by atoms with Crippen LogP contribution in [0.3, 0.4) is 0 Å². The van der Waals surface area contributed by atoms with Crippen LogP contribution in [-0.4, -0.2) is 23.2 Å². The SMILES string of the molecule is CCc1nc(Cl)cc(-c2ccc3c(c2)OCCCO3)n1. The van der Waals surface area contributed by atoms with Crippen LogP contribution in [-0.2, 0) is 6.42 Å². The molecule has 0 spiro atoms. The molecule has 0 saturated heterocycles. The summed E-state index contributed by atoms with van der Waals surface area (Å²) in [5.41, 5.74) is 1.76. The van der Waals surface area contributed by atoms with Crippen molar-refractivity contribution in [3.05, 3.63) is 35.2 Å². The first-order valence-corrected chi connectivity index (χ1v) is 7.07. The van der Waals surface area contributed by atoms with Gasteiger partial charge in [-0.2, -0.15) is 0 Å². The maximum absolute atomic E-state index is 6.04. The Kier molecular flexibility index (Phi) is 3.74. The van der Waals surface area contributed by atoms with Gasteiger partial charge in [0.05, 0.1) is 18.9 Å². The van der Waals surface area contributed by atoms with Crippen LogP contribution in [0.1, 0.15) is 19.2 Å². The van der Waals surface area contributed by atoms with Crippen LogP contribution in [0.5, 0.6) is 11.5 Å². The average Bonchev–Trinajstić information content (AvgIpc) is 2.70. The number of nitrogens with zero attached hydrogens (tertiary/aromatic N) is 2. The van der Waals surface area contributed by atoms with Gasteiger partial charge in [0.1, 0.15) is 11.0 Å². The molecular weight excluding hydrogens is 276 g/mol. The van der Waals surface area contributed by atoms with E-state index in [4.69, 9.17) is 21.1 Å². The molecule has 2 aromatic rings. The molecule has 2 heterocycles. The number of ether oxygens (including phenoxy) is 2. The molecule has 0 atom stereocenters. The highest BCUT2D eigenvalue weighted by Gasteiger charge is 2.12. The molecule has 1 aromatic heterocycles. The van der Waals surface area contributed by atoms with E-state index in [1.54, 1.807) is 6.07 Å². The van der Waals surface area contributed by atoms with E-state index in [1.807, 2.05) is 25.1 Å². The van der Waals surface area contributed by atoms with E-state index in [2.05, 4.69) is 9.97 Å². The fourth-order valence-electron chi connectivity index (χ4n) is 2.09. The largest absolute Gasteiger partial charge is 0.490 e. The van der Waals surface area contributed by atoms with E-state index in [0.29, 0.717) is 18.4 Å². The standard InChI is InChI=1S/C15H15ClN2O2/c1-2-15-17-11(9-14(16)18-15)10-4-5-12-13(8-10)20-7-3-6-19-12/h4-5,8-9H,2-3,6-7H2,1H3. The number of benzene rings is 1. The first-order valence-electron chi connectivity index (χ1n) is 6.70. The van der Waals surface area contributed by atoms with Crippen LogP contribution >= 0.6 is 11.6 Å². The van der Waals surface area contributed by atoms with E-state index in [9.17, 15) is 0 Å². The first kappa shape index (κ1) is 13.2. The van der Waals surface area contributed by atoms with Gasteiger partial charge in [-0.1, -0.05) is 18.5 Å². The molecule has 0 bridgehead atoms. The number of fused-ring (bicyclic) bond motifs is 1. The summed E-state index contributed by atoms with van der Waals surface area (Å²) in [4.78, 5) is 8.68. The summed E-state index contributed by atoms with van der Waals surface area (Å²) in [5, 5.41) is 0.457. The molecule has 0 amide bonds. The normalized spacial score (nSPS) is 13.9. The van der Waals surface area contributed by atoms with E-state index in [-0.39, 0.29) is 0 Å². The summed E-state index contributed by atoms with van der Waals surface area (Å²) < 4.78 is 11.3. The minimum atomic E-state index is 0.457. The van der Waals surface area contributed by atoms with Gasteiger partial charge >= 0.3 is 0 Å². The van der Waals surface area contributed by atoms with Crippen molar-refractivity contribution >= 4 is 11.6 Å². The third-order valence-corrected chi connectivity index (χ3v) is 3.29. The van der Waals surface area contributed by atoms with Crippen molar-refractivity contribution in [3.8, 4) is 22.8 Å². The van der Waals surface area contributed by atoms with Crippen molar-refractivity contribution in [1.29, 1.82) is 0 Å². The highest BCUT2D eigenvalue weighted by atomic mass is 35.5. The van der Waals surface area contributed by atoms with Crippen molar-refractivity contribution in [3.63, 3.8) is 0 Å². The summed E-state index contributed by atoms with van der Waals surface area (Å²) in [6.45, 7) is 3.36. The van der Waals surface area contributed by atoms with E-state index in [0.717, 1.165) is 41.4 Å². The lowest BCUT2D eigenvalue weighted by molar-refractivity contribution is 0.297. The maximum Gasteiger partial charge on any atom is 0.161 e. The predicted molar refractivity (Wildman–Crippen MR) is 77.5 cm³/mol. The molecule has 0 radical (unpaired) electrons. The molecule has 0 unspecified atom stereocenters. The van der Waals surface area contributed by atoms with Crippen LogP contribution in [0.25, 0.3) is 11.3 Å². The van der Waals surface area contributed by atoms with Crippen molar-refractivity contribution in [2.75, 3.05) is 13.2 Å². The van der Waals surface area contributed by atoms with Gasteiger partial charge in [-0.25, -0.2) is 9.97 Å². The van der Waals surface area contributed by atoms with Gasteiger partial charge in [-0.05, 0) is 18.2 Å². The quantitative estimate of drug-likeness (QED) is 0.794. The molecule has 5 heteroatoms. The van der Waals surface area contributed by atoms with Gasteiger partial charge < -0.3 is 9.47 Å². The lowest BCUT2D eigenvalue weighted by atomic mass is 10.1. The number of hydrogen-bond acceptors (Lipinski definition) is 4. The highest BCUT2D eigenvalue weighted by Crippen LogP contribution is 2.34. The number of hydrogen-bond donors (Lipinski definition) is 0. The van der Waals surface area contributed by atoms with Crippen LogP contribution in [0.15, 0.2) is 24.3 Å². The molecular formula is C15H15ClN2O2. The van der Waals surface area contributed by atoms with Gasteiger partial charge in [0, 0.05) is 24.5 Å². The lowest BCUT2D eigenvalue weighted by Gasteiger charge is -2.09. The van der Waals surface area contributed by atoms with Gasteiger partial charge in [-0.3, -0.25) is 0 Å². The molecule has 4 nitrogen and oxygen atoms in total. The van der Waals surface area contributed by atoms with Gasteiger partial charge in [0.15, 0.2) is 11.5 Å². The molecule has 0 saturated carbocycles. The number of rotatable bonds is 2. The molecule has 0 fully saturated rings. The number of aryl methyl sites for hydroxylation is 1. The van der Waals surface area contributed by atoms with Crippen molar-refractivity contribution in [1.82, 2.24) is 9.97 Å². The zero-order valence-electron chi connectivity index (χ0n) is 11.2. The minimum Gasteiger partial charge on any atom is -0.490 e. The Balaban J connectivity index is 2.02. The Morgan fingerprint density at radius 2 is 1.90 bits per heavy atom. The molecule has 20 heavy (non-hydrogen) atoms. The summed E-state index contributed by atoms with van der Waals surface area (Å²) in [5.74, 6) is 2.27. The predicted octanol–water partition coefficient (Wildman–Crippen LogP) is 3.52. The Morgan fingerprint density at radius 1 is 1.10 bits per heavy atom. The molecule has 0 N–H and O–H groups in total. The van der Waals surface area contributed by atoms with E-state index >= 15 is 0 Å². The van der Waals surface area contributed by atoms with Crippen LogP contribution in [0.2, 0.25) is 5.15 Å². The molecule has 1 aromatic carbocycles. The van der Waals surface area contributed by atoms with Gasteiger partial charge in [0.25, 0.3) is 0 Å². The van der Waals surface area contributed by atoms with E-state index in [1.165, 1.54) is 0 Å². The second-order valence-electron chi connectivity index (χ2n) is 4.56. The van der Waals surface area contributed by atoms with Crippen LogP contribution < -0.4 is 9.47 Å². The third kappa shape index (κ3) is 2.70. The second-order valence-corrected chi connectivity index (χ2v) is 4.94. The van der Waals surface area contributed by atoms with Crippen LogP contribution in [0.4, 0.5) is 0 Å². The Morgan fingerprint density at radius 3 is 2.70 bits per heavy atom. The smallest absolute Gasteiger partial charge is 0.161 e. The summed E-state index contributed by atoms with van der Waals surface area (Å²) in [7, 11) is 0. The molecule has 1 aliphatic heterocycles. The van der Waals surface area contributed by atoms with Gasteiger partial charge in [-0.15, -0.1) is 0 Å².